The Kier molecular flexibility index (Phi) is 1.90. The van der Waals surface area contributed by atoms with Crippen LogP contribution in [0, 0.1) is 17.8 Å². The zero-order chi connectivity index (χ0) is 6.43. The van der Waals surface area contributed by atoms with Gasteiger partial charge in [0.25, 0.3) is 0 Å². The van der Waals surface area contributed by atoms with Crippen molar-refractivity contribution in [2.75, 3.05) is 0 Å². The summed E-state index contributed by atoms with van der Waals surface area (Å²) in [4.78, 5) is 10.4. The van der Waals surface area contributed by atoms with Gasteiger partial charge in [0.2, 0.25) is 0 Å². The molecular formula is C7H11ClO2. The number of rotatable bonds is 1. The normalized spacial score (nSPS) is 41.8. The lowest BCUT2D eigenvalue weighted by molar-refractivity contribution is -0.142. The van der Waals surface area contributed by atoms with E-state index >= 15 is 0 Å². The highest BCUT2D eigenvalue weighted by molar-refractivity contribution is 5.85. The van der Waals surface area contributed by atoms with Crippen LogP contribution < -0.4 is 0 Å². The van der Waals surface area contributed by atoms with E-state index in [2.05, 4.69) is 0 Å². The quantitative estimate of drug-likeness (QED) is 0.635. The lowest BCUT2D eigenvalue weighted by Gasteiger charge is -2.02. The summed E-state index contributed by atoms with van der Waals surface area (Å²) in [5.41, 5.74) is 0. The van der Waals surface area contributed by atoms with Gasteiger partial charge in [-0.25, -0.2) is 0 Å². The topological polar surface area (TPSA) is 37.3 Å². The summed E-state index contributed by atoms with van der Waals surface area (Å²) in [6.45, 7) is 0. The first-order valence-corrected chi connectivity index (χ1v) is 3.52. The average Bonchev–Trinajstić information content (AvgIpc) is 2.43. The number of carboxylic acid groups (broad SMARTS) is 1. The Hall–Kier alpha value is -0.240. The Bertz CT molecular complexity index is 158. The summed E-state index contributed by atoms with van der Waals surface area (Å²) < 4.78 is 0. The van der Waals surface area contributed by atoms with Crippen LogP contribution in [0.1, 0.15) is 19.3 Å². The van der Waals surface area contributed by atoms with Crippen LogP contribution in [0.5, 0.6) is 0 Å². The van der Waals surface area contributed by atoms with Gasteiger partial charge in [0.1, 0.15) is 0 Å². The van der Waals surface area contributed by atoms with E-state index in [0.29, 0.717) is 5.92 Å². The highest BCUT2D eigenvalue weighted by atomic mass is 35.5. The number of hydrogen-bond donors (Lipinski definition) is 1. The van der Waals surface area contributed by atoms with Gasteiger partial charge in [0.15, 0.2) is 0 Å². The molecule has 1 N–H and O–H groups in total. The smallest absolute Gasteiger partial charge is 0.306 e. The highest BCUT2D eigenvalue weighted by Crippen LogP contribution is 2.55. The monoisotopic (exact) mass is 162 g/mol. The van der Waals surface area contributed by atoms with E-state index in [1.807, 2.05) is 0 Å². The molecule has 10 heavy (non-hydrogen) atoms. The van der Waals surface area contributed by atoms with Gasteiger partial charge in [-0.05, 0) is 31.1 Å². The van der Waals surface area contributed by atoms with Crippen molar-refractivity contribution in [3.8, 4) is 0 Å². The number of aliphatic carboxylic acids is 1. The minimum absolute atomic E-state index is 0. The molecule has 0 aliphatic heterocycles. The number of hydrogen-bond acceptors (Lipinski definition) is 1. The molecule has 0 spiro atoms. The molecule has 0 aromatic heterocycles. The van der Waals surface area contributed by atoms with Crippen molar-refractivity contribution in [1.29, 1.82) is 0 Å². The fourth-order valence-electron chi connectivity index (χ4n) is 2.01. The van der Waals surface area contributed by atoms with Gasteiger partial charge in [0, 0.05) is 0 Å². The van der Waals surface area contributed by atoms with Crippen LogP contribution in [0.4, 0.5) is 0 Å². The third-order valence-electron chi connectivity index (χ3n) is 2.66. The molecule has 0 amide bonds. The minimum Gasteiger partial charge on any atom is -0.481 e. The van der Waals surface area contributed by atoms with Crippen molar-refractivity contribution < 1.29 is 9.90 Å². The Morgan fingerprint density at radius 1 is 1.40 bits per heavy atom. The molecule has 2 aliphatic rings. The number of halogens is 1. The van der Waals surface area contributed by atoms with Gasteiger partial charge in [-0.1, -0.05) is 0 Å². The first kappa shape index (κ1) is 7.86. The summed E-state index contributed by atoms with van der Waals surface area (Å²) in [6, 6.07) is 0. The highest BCUT2D eigenvalue weighted by Gasteiger charge is 2.50. The fraction of sp³-hybridized carbons (Fsp3) is 0.857. The summed E-state index contributed by atoms with van der Waals surface area (Å²) in [7, 11) is 0. The third kappa shape index (κ3) is 1.01. The maximum absolute atomic E-state index is 10.4. The maximum Gasteiger partial charge on any atom is 0.306 e. The van der Waals surface area contributed by atoms with Crippen LogP contribution in [0.15, 0.2) is 0 Å². The molecule has 0 heterocycles. The van der Waals surface area contributed by atoms with E-state index in [-0.39, 0.29) is 18.3 Å². The van der Waals surface area contributed by atoms with E-state index in [4.69, 9.17) is 5.11 Å². The van der Waals surface area contributed by atoms with E-state index in [1.54, 1.807) is 0 Å². The van der Waals surface area contributed by atoms with Crippen LogP contribution in [0.2, 0.25) is 0 Å². The second-order valence-corrected chi connectivity index (χ2v) is 3.18. The molecule has 0 bridgehead atoms. The fourth-order valence-corrected chi connectivity index (χ4v) is 2.01. The standard InChI is InChI=1S/C7H10O2.ClH/c8-7(9)5-2-1-4-3-6(4)5;/h4-6H,1-3H2,(H,8,9);1H. The molecule has 0 radical (unpaired) electrons. The molecule has 3 atom stereocenters. The summed E-state index contributed by atoms with van der Waals surface area (Å²) in [5.74, 6) is 0.823. The molecule has 0 saturated heterocycles. The molecule has 3 unspecified atom stereocenters. The van der Waals surface area contributed by atoms with Gasteiger partial charge in [-0.15, -0.1) is 12.4 Å². The van der Waals surface area contributed by atoms with Crippen molar-refractivity contribution in [3.63, 3.8) is 0 Å². The minimum atomic E-state index is -0.569. The summed E-state index contributed by atoms with van der Waals surface area (Å²) in [5, 5.41) is 8.61. The first-order valence-electron chi connectivity index (χ1n) is 3.52. The lowest BCUT2D eigenvalue weighted by atomic mass is 10.0. The molecule has 3 heteroatoms. The second-order valence-electron chi connectivity index (χ2n) is 3.18. The van der Waals surface area contributed by atoms with Crippen LogP contribution >= 0.6 is 12.4 Å². The summed E-state index contributed by atoms with van der Waals surface area (Å²) in [6.07, 6.45) is 3.29. The zero-order valence-electron chi connectivity index (χ0n) is 5.62. The van der Waals surface area contributed by atoms with Gasteiger partial charge < -0.3 is 5.11 Å². The van der Waals surface area contributed by atoms with Crippen molar-refractivity contribution >= 4 is 18.4 Å². The molecule has 0 aromatic carbocycles. The molecule has 2 fully saturated rings. The number of carbonyl (C=O) groups is 1. The molecule has 0 aromatic rings. The van der Waals surface area contributed by atoms with Crippen LogP contribution in [-0.4, -0.2) is 11.1 Å². The first-order chi connectivity index (χ1) is 4.29. The largest absolute Gasteiger partial charge is 0.481 e. The van der Waals surface area contributed by atoms with E-state index in [1.165, 1.54) is 12.8 Å². The zero-order valence-corrected chi connectivity index (χ0v) is 6.43. The number of fused-ring (bicyclic) bond motifs is 1. The van der Waals surface area contributed by atoms with Crippen molar-refractivity contribution in [2.24, 2.45) is 17.8 Å². The molecular weight excluding hydrogens is 152 g/mol. The molecule has 2 aliphatic carbocycles. The summed E-state index contributed by atoms with van der Waals surface area (Å²) >= 11 is 0. The van der Waals surface area contributed by atoms with Gasteiger partial charge >= 0.3 is 5.97 Å². The Morgan fingerprint density at radius 3 is 2.30 bits per heavy atom. The molecule has 2 nitrogen and oxygen atoms in total. The van der Waals surface area contributed by atoms with E-state index < -0.39 is 5.97 Å². The molecule has 2 saturated carbocycles. The van der Waals surface area contributed by atoms with E-state index in [0.717, 1.165) is 12.3 Å². The Balaban J connectivity index is 0.000000500. The predicted molar refractivity (Wildman–Crippen MR) is 39.2 cm³/mol. The Labute approximate surface area is 66.0 Å². The Morgan fingerprint density at radius 2 is 2.10 bits per heavy atom. The van der Waals surface area contributed by atoms with Gasteiger partial charge in [-0.2, -0.15) is 0 Å². The average molecular weight is 163 g/mol. The number of carboxylic acids is 1. The third-order valence-corrected chi connectivity index (χ3v) is 2.66. The lowest BCUT2D eigenvalue weighted by Crippen LogP contribution is -2.12. The second kappa shape index (κ2) is 2.42. The van der Waals surface area contributed by atoms with Crippen molar-refractivity contribution in [1.82, 2.24) is 0 Å². The van der Waals surface area contributed by atoms with Crippen LogP contribution in [0.25, 0.3) is 0 Å². The SMILES string of the molecule is Cl.O=C(O)C1CCC2CC21. The predicted octanol–water partition coefficient (Wildman–Crippen LogP) is 1.54. The van der Waals surface area contributed by atoms with Crippen molar-refractivity contribution in [3.05, 3.63) is 0 Å². The molecule has 58 valence electrons. The van der Waals surface area contributed by atoms with Crippen molar-refractivity contribution in [2.45, 2.75) is 19.3 Å². The van der Waals surface area contributed by atoms with Gasteiger partial charge in [0.05, 0.1) is 5.92 Å². The maximum atomic E-state index is 10.4. The molecule has 2 rings (SSSR count). The van der Waals surface area contributed by atoms with Crippen LogP contribution in [0.3, 0.4) is 0 Å². The van der Waals surface area contributed by atoms with Gasteiger partial charge in [-0.3, -0.25) is 4.79 Å². The van der Waals surface area contributed by atoms with E-state index in [9.17, 15) is 4.79 Å². The van der Waals surface area contributed by atoms with Crippen LogP contribution in [-0.2, 0) is 4.79 Å².